The van der Waals surface area contributed by atoms with Crippen molar-refractivity contribution < 1.29 is 23.8 Å². The van der Waals surface area contributed by atoms with E-state index in [9.17, 15) is 9.59 Å². The van der Waals surface area contributed by atoms with Crippen LogP contribution in [-0.4, -0.2) is 39.8 Å². The fraction of sp³-hybridized carbons (Fsp3) is 0.286. The van der Waals surface area contributed by atoms with Crippen LogP contribution >= 0.6 is 11.3 Å². The topological polar surface area (TPSA) is 73.9 Å². The standard InChI is InChI=1S/C14H15NO5S/c1-18-7-11(16)15-8-4-5-10-9(6-8)12(19-2)13(21-10)14(17)20-3/h4-6H,7H2,1-3H3,(H,15,16). The third-order valence-electron chi connectivity index (χ3n) is 2.78. The molecule has 0 unspecified atom stereocenters. The first-order valence-electron chi connectivity index (χ1n) is 6.08. The number of ether oxygens (including phenoxy) is 3. The number of hydrogen-bond donors (Lipinski definition) is 1. The zero-order valence-electron chi connectivity index (χ0n) is 11.9. The van der Waals surface area contributed by atoms with Crippen molar-refractivity contribution in [2.24, 2.45) is 0 Å². The van der Waals surface area contributed by atoms with E-state index < -0.39 is 5.97 Å². The van der Waals surface area contributed by atoms with E-state index in [1.807, 2.05) is 6.07 Å². The summed E-state index contributed by atoms with van der Waals surface area (Å²) in [4.78, 5) is 23.7. The van der Waals surface area contributed by atoms with E-state index in [0.717, 1.165) is 10.1 Å². The van der Waals surface area contributed by atoms with Crippen molar-refractivity contribution in [3.63, 3.8) is 0 Å². The molecular formula is C14H15NO5S. The first-order valence-corrected chi connectivity index (χ1v) is 6.90. The summed E-state index contributed by atoms with van der Waals surface area (Å²) in [6.07, 6.45) is 0. The van der Waals surface area contributed by atoms with Gasteiger partial charge < -0.3 is 19.5 Å². The van der Waals surface area contributed by atoms with Crippen LogP contribution in [0, 0.1) is 0 Å². The zero-order valence-corrected chi connectivity index (χ0v) is 12.7. The largest absolute Gasteiger partial charge is 0.494 e. The number of hydrogen-bond acceptors (Lipinski definition) is 6. The molecule has 0 saturated carbocycles. The average Bonchev–Trinajstić information content (AvgIpc) is 2.84. The highest BCUT2D eigenvalue weighted by Gasteiger charge is 2.20. The number of thiophene rings is 1. The average molecular weight is 309 g/mol. The van der Waals surface area contributed by atoms with Gasteiger partial charge in [0.2, 0.25) is 5.91 Å². The summed E-state index contributed by atoms with van der Waals surface area (Å²) in [5, 5.41) is 3.46. The van der Waals surface area contributed by atoms with Gasteiger partial charge in [-0.15, -0.1) is 11.3 Å². The number of amides is 1. The molecule has 2 rings (SSSR count). The molecule has 6 nitrogen and oxygen atoms in total. The fourth-order valence-corrected chi connectivity index (χ4v) is 2.98. The molecule has 0 radical (unpaired) electrons. The van der Waals surface area contributed by atoms with Crippen molar-refractivity contribution >= 4 is 39.0 Å². The van der Waals surface area contributed by atoms with Crippen molar-refractivity contribution in [1.29, 1.82) is 0 Å². The lowest BCUT2D eigenvalue weighted by atomic mass is 10.2. The van der Waals surface area contributed by atoms with Gasteiger partial charge in [-0.2, -0.15) is 0 Å². The second kappa shape index (κ2) is 6.55. The van der Waals surface area contributed by atoms with Crippen LogP contribution in [0.4, 0.5) is 5.69 Å². The van der Waals surface area contributed by atoms with Crippen LogP contribution in [0.15, 0.2) is 18.2 Å². The number of rotatable bonds is 5. The second-order valence-electron chi connectivity index (χ2n) is 4.15. The number of nitrogens with one attached hydrogen (secondary N) is 1. The predicted molar refractivity (Wildman–Crippen MR) is 80.2 cm³/mol. The first kappa shape index (κ1) is 15.3. The Bertz CT molecular complexity index is 679. The summed E-state index contributed by atoms with van der Waals surface area (Å²) < 4.78 is 15.7. The van der Waals surface area contributed by atoms with Crippen LogP contribution in [-0.2, 0) is 14.3 Å². The number of benzene rings is 1. The Balaban J connectivity index is 2.42. The number of fused-ring (bicyclic) bond motifs is 1. The summed E-state index contributed by atoms with van der Waals surface area (Å²) in [7, 11) is 4.26. The fourth-order valence-electron chi connectivity index (χ4n) is 1.91. The molecule has 1 aromatic heterocycles. The number of carbonyl (C=O) groups excluding carboxylic acids is 2. The maximum Gasteiger partial charge on any atom is 0.351 e. The Morgan fingerprint density at radius 1 is 1.24 bits per heavy atom. The van der Waals surface area contributed by atoms with Gasteiger partial charge in [-0.3, -0.25) is 4.79 Å². The quantitative estimate of drug-likeness (QED) is 0.858. The molecule has 2 aromatic rings. The third-order valence-corrected chi connectivity index (χ3v) is 3.91. The molecule has 0 aliphatic heterocycles. The van der Waals surface area contributed by atoms with Gasteiger partial charge in [0.25, 0.3) is 0 Å². The van der Waals surface area contributed by atoms with Crippen molar-refractivity contribution in [1.82, 2.24) is 0 Å². The molecule has 1 N–H and O–H groups in total. The van der Waals surface area contributed by atoms with Crippen LogP contribution in [0.3, 0.4) is 0 Å². The Hall–Kier alpha value is -2.12. The summed E-state index contributed by atoms with van der Waals surface area (Å²) in [5.74, 6) is -0.248. The minimum absolute atomic E-state index is 0.0216. The minimum Gasteiger partial charge on any atom is -0.494 e. The highest BCUT2D eigenvalue weighted by Crippen LogP contribution is 2.39. The highest BCUT2D eigenvalue weighted by molar-refractivity contribution is 7.21. The molecular weight excluding hydrogens is 294 g/mol. The van der Waals surface area contributed by atoms with Crippen molar-refractivity contribution in [3.8, 4) is 5.75 Å². The predicted octanol–water partition coefficient (Wildman–Crippen LogP) is 2.28. The van der Waals surface area contributed by atoms with Gasteiger partial charge in [-0.05, 0) is 18.2 Å². The first-order chi connectivity index (χ1) is 10.1. The lowest BCUT2D eigenvalue weighted by Gasteiger charge is -2.05. The van der Waals surface area contributed by atoms with Gasteiger partial charge in [0.15, 0.2) is 10.6 Å². The molecule has 0 saturated heterocycles. The molecule has 0 bridgehead atoms. The van der Waals surface area contributed by atoms with Crippen LogP contribution in [0.25, 0.3) is 10.1 Å². The summed E-state index contributed by atoms with van der Waals surface area (Å²) in [6, 6.07) is 5.33. The van der Waals surface area contributed by atoms with Crippen molar-refractivity contribution in [2.45, 2.75) is 0 Å². The highest BCUT2D eigenvalue weighted by atomic mass is 32.1. The lowest BCUT2D eigenvalue weighted by Crippen LogP contribution is -2.16. The van der Waals surface area contributed by atoms with E-state index in [1.165, 1.54) is 32.7 Å². The molecule has 1 amide bonds. The smallest absolute Gasteiger partial charge is 0.351 e. The molecule has 1 heterocycles. The molecule has 1 aromatic carbocycles. The van der Waals surface area contributed by atoms with E-state index in [0.29, 0.717) is 16.3 Å². The maximum atomic E-state index is 11.7. The van der Waals surface area contributed by atoms with Gasteiger partial charge in [0.1, 0.15) is 6.61 Å². The van der Waals surface area contributed by atoms with Crippen LogP contribution in [0.5, 0.6) is 5.75 Å². The second-order valence-corrected chi connectivity index (χ2v) is 5.20. The van der Waals surface area contributed by atoms with Crippen molar-refractivity contribution in [2.75, 3.05) is 33.3 Å². The third kappa shape index (κ3) is 3.14. The minimum atomic E-state index is -0.446. The normalized spacial score (nSPS) is 10.4. The van der Waals surface area contributed by atoms with Crippen molar-refractivity contribution in [3.05, 3.63) is 23.1 Å². The molecule has 0 aliphatic rings. The molecule has 0 spiro atoms. The molecule has 21 heavy (non-hydrogen) atoms. The number of anilines is 1. The van der Waals surface area contributed by atoms with Crippen LogP contribution in [0.1, 0.15) is 9.67 Å². The van der Waals surface area contributed by atoms with Gasteiger partial charge in [0, 0.05) is 22.9 Å². The van der Waals surface area contributed by atoms with E-state index in [4.69, 9.17) is 14.2 Å². The van der Waals surface area contributed by atoms with Gasteiger partial charge in [0.05, 0.1) is 14.2 Å². The monoisotopic (exact) mass is 309 g/mol. The zero-order chi connectivity index (χ0) is 15.4. The van der Waals surface area contributed by atoms with E-state index in [2.05, 4.69) is 5.32 Å². The van der Waals surface area contributed by atoms with E-state index in [1.54, 1.807) is 12.1 Å². The number of esters is 1. The Morgan fingerprint density at radius 2 is 2.00 bits per heavy atom. The van der Waals surface area contributed by atoms with Gasteiger partial charge in [-0.25, -0.2) is 4.79 Å². The maximum absolute atomic E-state index is 11.7. The Labute approximate surface area is 125 Å². The summed E-state index contributed by atoms with van der Waals surface area (Å²) >= 11 is 1.28. The molecule has 0 atom stereocenters. The van der Waals surface area contributed by atoms with Crippen LogP contribution in [0.2, 0.25) is 0 Å². The number of carbonyl (C=O) groups is 2. The van der Waals surface area contributed by atoms with E-state index in [-0.39, 0.29) is 12.5 Å². The molecule has 112 valence electrons. The SMILES string of the molecule is COCC(=O)Nc1ccc2sc(C(=O)OC)c(OC)c2c1. The summed E-state index contributed by atoms with van der Waals surface area (Å²) in [5.41, 5.74) is 0.608. The molecule has 7 heteroatoms. The Kier molecular flexibility index (Phi) is 4.77. The Morgan fingerprint density at radius 3 is 2.62 bits per heavy atom. The lowest BCUT2D eigenvalue weighted by molar-refractivity contribution is -0.119. The molecule has 0 aliphatic carbocycles. The molecule has 0 fully saturated rings. The van der Waals surface area contributed by atoms with E-state index >= 15 is 0 Å². The summed E-state index contributed by atoms with van der Waals surface area (Å²) in [6.45, 7) is -0.0216. The van der Waals surface area contributed by atoms with Crippen LogP contribution < -0.4 is 10.1 Å². The van der Waals surface area contributed by atoms with Gasteiger partial charge >= 0.3 is 5.97 Å². The van der Waals surface area contributed by atoms with Gasteiger partial charge in [-0.1, -0.05) is 0 Å². The number of methoxy groups -OCH3 is 3.